The smallest absolute Gasteiger partial charge is 0.261 e. The lowest BCUT2D eigenvalue weighted by atomic mass is 10.1. The molecular weight excluding hydrogens is 314 g/mol. The van der Waals surface area contributed by atoms with Crippen LogP contribution in [0, 0.1) is 20.8 Å². The normalized spacial score (nSPS) is 13.0. The van der Waals surface area contributed by atoms with Crippen LogP contribution in [0.25, 0.3) is 0 Å². The molecule has 4 heteroatoms. The summed E-state index contributed by atoms with van der Waals surface area (Å²) in [7, 11) is 0. The van der Waals surface area contributed by atoms with Crippen LogP contribution >= 0.6 is 0 Å². The molecule has 0 radical (unpaired) electrons. The Kier molecular flexibility index (Phi) is 6.45. The lowest BCUT2D eigenvalue weighted by molar-refractivity contribution is -0.128. The van der Waals surface area contributed by atoms with Crippen LogP contribution in [-0.2, 0) is 4.79 Å². The molecule has 0 aliphatic carbocycles. The summed E-state index contributed by atoms with van der Waals surface area (Å²) in [5, 5.41) is 2.92. The minimum Gasteiger partial charge on any atom is -0.491 e. The Labute approximate surface area is 150 Å². The standard InChI is InChI=1S/C21H27NO3/c1-14-6-9-19(10-7-14)24-13-17(4)22-21(23)18(5)25-20-11-8-15(2)12-16(20)3/h6-12,17-18H,13H2,1-5H3,(H,22,23)/t17-,18+/m1/s1. The van der Waals surface area contributed by atoms with Gasteiger partial charge in [0.15, 0.2) is 6.10 Å². The lowest BCUT2D eigenvalue weighted by Crippen LogP contribution is -2.43. The highest BCUT2D eigenvalue weighted by Gasteiger charge is 2.18. The fraction of sp³-hybridized carbons (Fsp3) is 0.381. The van der Waals surface area contributed by atoms with Crippen molar-refractivity contribution in [2.24, 2.45) is 0 Å². The molecule has 0 heterocycles. The second-order valence-electron chi connectivity index (χ2n) is 6.56. The molecule has 0 bridgehead atoms. The van der Waals surface area contributed by atoms with Crippen LogP contribution in [0.15, 0.2) is 42.5 Å². The Hall–Kier alpha value is -2.49. The average Bonchev–Trinajstić information content (AvgIpc) is 2.56. The fourth-order valence-electron chi connectivity index (χ4n) is 2.43. The molecule has 2 rings (SSSR count). The van der Waals surface area contributed by atoms with Gasteiger partial charge in [0.25, 0.3) is 5.91 Å². The molecule has 0 unspecified atom stereocenters. The van der Waals surface area contributed by atoms with Crippen LogP contribution in [0.1, 0.15) is 30.5 Å². The van der Waals surface area contributed by atoms with Gasteiger partial charge in [-0.2, -0.15) is 0 Å². The molecule has 2 aromatic carbocycles. The van der Waals surface area contributed by atoms with Crippen molar-refractivity contribution in [2.75, 3.05) is 6.61 Å². The first kappa shape index (κ1) is 18.8. The molecule has 0 aliphatic rings. The van der Waals surface area contributed by atoms with Gasteiger partial charge in [-0.05, 0) is 58.4 Å². The summed E-state index contributed by atoms with van der Waals surface area (Å²) in [6.45, 7) is 10.1. The van der Waals surface area contributed by atoms with E-state index < -0.39 is 6.10 Å². The molecule has 0 fully saturated rings. The van der Waals surface area contributed by atoms with Crippen LogP contribution in [0.5, 0.6) is 11.5 Å². The molecule has 0 saturated heterocycles. The fourth-order valence-corrected chi connectivity index (χ4v) is 2.43. The molecule has 2 aromatic rings. The molecular formula is C21H27NO3. The summed E-state index contributed by atoms with van der Waals surface area (Å²) in [6, 6.07) is 13.7. The van der Waals surface area contributed by atoms with Gasteiger partial charge < -0.3 is 14.8 Å². The van der Waals surface area contributed by atoms with Crippen molar-refractivity contribution in [2.45, 2.75) is 46.8 Å². The number of ether oxygens (including phenoxy) is 2. The van der Waals surface area contributed by atoms with Crippen molar-refractivity contribution in [1.82, 2.24) is 5.32 Å². The van der Waals surface area contributed by atoms with Crippen molar-refractivity contribution in [3.8, 4) is 11.5 Å². The second kappa shape index (κ2) is 8.56. The summed E-state index contributed by atoms with van der Waals surface area (Å²) < 4.78 is 11.5. The van der Waals surface area contributed by atoms with E-state index in [1.54, 1.807) is 6.92 Å². The summed E-state index contributed by atoms with van der Waals surface area (Å²) in [5.74, 6) is 1.38. The summed E-state index contributed by atoms with van der Waals surface area (Å²) in [5.41, 5.74) is 3.38. The van der Waals surface area contributed by atoms with Crippen molar-refractivity contribution in [3.05, 3.63) is 59.2 Å². The maximum Gasteiger partial charge on any atom is 0.261 e. The van der Waals surface area contributed by atoms with Crippen molar-refractivity contribution >= 4 is 5.91 Å². The Balaban J connectivity index is 1.82. The van der Waals surface area contributed by atoms with Crippen molar-refractivity contribution in [1.29, 1.82) is 0 Å². The van der Waals surface area contributed by atoms with Crippen LogP contribution in [0.2, 0.25) is 0 Å². The Morgan fingerprint density at radius 1 is 1.00 bits per heavy atom. The Morgan fingerprint density at radius 3 is 2.28 bits per heavy atom. The summed E-state index contributed by atoms with van der Waals surface area (Å²) >= 11 is 0. The predicted molar refractivity (Wildman–Crippen MR) is 100 cm³/mol. The number of carbonyl (C=O) groups excluding carboxylic acids is 1. The monoisotopic (exact) mass is 341 g/mol. The van der Waals surface area contributed by atoms with Gasteiger partial charge in [0.05, 0.1) is 6.04 Å². The SMILES string of the molecule is Cc1ccc(OC[C@@H](C)NC(=O)[C@H](C)Oc2ccc(C)cc2C)cc1. The van der Waals surface area contributed by atoms with Crippen LogP contribution in [0.4, 0.5) is 0 Å². The number of aryl methyl sites for hydroxylation is 3. The van der Waals surface area contributed by atoms with E-state index in [0.29, 0.717) is 6.61 Å². The van der Waals surface area contributed by atoms with Crippen molar-refractivity contribution in [3.63, 3.8) is 0 Å². The molecule has 1 N–H and O–H groups in total. The maximum atomic E-state index is 12.3. The molecule has 0 spiro atoms. The second-order valence-corrected chi connectivity index (χ2v) is 6.56. The third-order valence-electron chi connectivity index (χ3n) is 3.91. The first-order chi connectivity index (χ1) is 11.8. The van der Waals surface area contributed by atoms with E-state index in [9.17, 15) is 4.79 Å². The van der Waals surface area contributed by atoms with E-state index in [2.05, 4.69) is 5.32 Å². The number of hydrogen-bond acceptors (Lipinski definition) is 3. The zero-order valence-electron chi connectivity index (χ0n) is 15.6. The number of hydrogen-bond donors (Lipinski definition) is 1. The molecule has 4 nitrogen and oxygen atoms in total. The van der Waals surface area contributed by atoms with Crippen molar-refractivity contribution < 1.29 is 14.3 Å². The largest absolute Gasteiger partial charge is 0.491 e. The molecule has 134 valence electrons. The predicted octanol–water partition coefficient (Wildman–Crippen LogP) is 3.96. The van der Waals surface area contributed by atoms with Gasteiger partial charge in [0.2, 0.25) is 0 Å². The molecule has 25 heavy (non-hydrogen) atoms. The van der Waals surface area contributed by atoms with Crippen LogP contribution < -0.4 is 14.8 Å². The van der Waals surface area contributed by atoms with Gasteiger partial charge in [0.1, 0.15) is 18.1 Å². The first-order valence-electron chi connectivity index (χ1n) is 8.59. The highest BCUT2D eigenvalue weighted by atomic mass is 16.5. The average molecular weight is 341 g/mol. The van der Waals surface area contributed by atoms with Gasteiger partial charge >= 0.3 is 0 Å². The molecule has 0 aromatic heterocycles. The Bertz CT molecular complexity index is 710. The zero-order chi connectivity index (χ0) is 18.4. The molecule has 0 saturated carbocycles. The number of rotatable bonds is 7. The van der Waals surface area contributed by atoms with E-state index >= 15 is 0 Å². The topological polar surface area (TPSA) is 47.6 Å². The van der Waals surface area contributed by atoms with Gasteiger partial charge in [-0.15, -0.1) is 0 Å². The van der Waals surface area contributed by atoms with Gasteiger partial charge in [0, 0.05) is 0 Å². The number of benzene rings is 2. The molecule has 1 amide bonds. The van der Waals surface area contributed by atoms with Gasteiger partial charge in [-0.3, -0.25) is 4.79 Å². The van der Waals surface area contributed by atoms with E-state index in [1.165, 1.54) is 11.1 Å². The first-order valence-corrected chi connectivity index (χ1v) is 8.59. The van der Waals surface area contributed by atoms with E-state index in [0.717, 1.165) is 17.1 Å². The number of nitrogens with one attached hydrogen (secondary N) is 1. The summed E-state index contributed by atoms with van der Waals surface area (Å²) in [4.78, 5) is 12.3. The van der Waals surface area contributed by atoms with Crippen LogP contribution in [-0.4, -0.2) is 24.7 Å². The van der Waals surface area contributed by atoms with Gasteiger partial charge in [-0.1, -0.05) is 35.4 Å². The van der Waals surface area contributed by atoms with Gasteiger partial charge in [-0.25, -0.2) is 0 Å². The summed E-state index contributed by atoms with van der Waals surface area (Å²) in [6.07, 6.45) is -0.566. The third-order valence-corrected chi connectivity index (χ3v) is 3.91. The van der Waals surface area contributed by atoms with E-state index in [-0.39, 0.29) is 11.9 Å². The third kappa shape index (κ3) is 5.82. The number of carbonyl (C=O) groups is 1. The highest BCUT2D eigenvalue weighted by molar-refractivity contribution is 5.81. The number of amides is 1. The van der Waals surface area contributed by atoms with E-state index in [1.807, 2.05) is 70.2 Å². The molecule has 0 aliphatic heterocycles. The van der Waals surface area contributed by atoms with E-state index in [4.69, 9.17) is 9.47 Å². The lowest BCUT2D eigenvalue weighted by Gasteiger charge is -2.20. The minimum absolute atomic E-state index is 0.112. The van der Waals surface area contributed by atoms with Crippen LogP contribution in [0.3, 0.4) is 0 Å². The zero-order valence-corrected chi connectivity index (χ0v) is 15.6. The Morgan fingerprint density at radius 2 is 1.64 bits per heavy atom. The minimum atomic E-state index is -0.566. The highest BCUT2D eigenvalue weighted by Crippen LogP contribution is 2.20. The quantitative estimate of drug-likeness (QED) is 0.829. The molecule has 2 atom stereocenters. The maximum absolute atomic E-state index is 12.3.